The van der Waals surface area contributed by atoms with Gasteiger partial charge >= 0.3 is 0 Å². The molecule has 1 atom stereocenters. The van der Waals surface area contributed by atoms with Crippen LogP contribution >= 0.6 is 11.3 Å². The maximum absolute atomic E-state index is 4.23. The molecule has 1 rings (SSSR count). The first-order chi connectivity index (χ1) is 5.33. The summed E-state index contributed by atoms with van der Waals surface area (Å²) < 4.78 is 0. The van der Waals surface area contributed by atoms with Crippen molar-refractivity contribution in [3.63, 3.8) is 0 Å². The van der Waals surface area contributed by atoms with E-state index in [4.69, 9.17) is 0 Å². The number of hydrogen-bond donors (Lipinski definition) is 1. The Morgan fingerprint density at radius 3 is 3.09 bits per heavy atom. The summed E-state index contributed by atoms with van der Waals surface area (Å²) in [5.74, 6) is 0.686. The zero-order chi connectivity index (χ0) is 8.10. The van der Waals surface area contributed by atoms with Crippen molar-refractivity contribution in [1.82, 2.24) is 10.3 Å². The lowest BCUT2D eigenvalue weighted by Gasteiger charge is -2.06. The van der Waals surface area contributed by atoms with Gasteiger partial charge in [0.25, 0.3) is 0 Å². The van der Waals surface area contributed by atoms with E-state index < -0.39 is 0 Å². The van der Waals surface area contributed by atoms with Crippen molar-refractivity contribution in [2.75, 3.05) is 13.6 Å². The first-order valence-corrected chi connectivity index (χ1v) is 4.74. The smallest absolute Gasteiger partial charge is 0.0927 e. The molecule has 0 aliphatic carbocycles. The predicted octanol–water partition coefficient (Wildman–Crippen LogP) is 1.54. The Labute approximate surface area is 71.7 Å². The summed E-state index contributed by atoms with van der Waals surface area (Å²) >= 11 is 1.74. The van der Waals surface area contributed by atoms with Crippen LogP contribution in [0.3, 0.4) is 0 Å². The van der Waals surface area contributed by atoms with Gasteiger partial charge in [-0.2, -0.15) is 0 Å². The van der Waals surface area contributed by atoms with Gasteiger partial charge in [0.15, 0.2) is 0 Å². The minimum atomic E-state index is 0.686. The van der Waals surface area contributed by atoms with Gasteiger partial charge in [0.2, 0.25) is 0 Å². The van der Waals surface area contributed by atoms with Crippen LogP contribution in [0.5, 0.6) is 0 Å². The van der Waals surface area contributed by atoms with Gasteiger partial charge in [0, 0.05) is 18.0 Å². The first kappa shape index (κ1) is 8.68. The molecule has 1 aromatic rings. The Morgan fingerprint density at radius 1 is 1.73 bits per heavy atom. The summed E-state index contributed by atoms with van der Waals surface area (Å²) in [6.07, 6.45) is 2.96. The Bertz CT molecular complexity index is 184. The second-order valence-corrected chi connectivity index (χ2v) is 3.77. The van der Waals surface area contributed by atoms with Crippen LogP contribution in [0.2, 0.25) is 0 Å². The molecule has 2 nitrogen and oxygen atoms in total. The van der Waals surface area contributed by atoms with Crippen LogP contribution in [0.4, 0.5) is 0 Å². The number of rotatable bonds is 4. The van der Waals surface area contributed by atoms with Gasteiger partial charge in [-0.25, -0.2) is 4.98 Å². The monoisotopic (exact) mass is 170 g/mol. The fourth-order valence-corrected chi connectivity index (χ4v) is 1.85. The first-order valence-electron chi connectivity index (χ1n) is 3.86. The Morgan fingerprint density at radius 2 is 2.55 bits per heavy atom. The molecule has 0 spiro atoms. The summed E-state index contributed by atoms with van der Waals surface area (Å²) in [6, 6.07) is 0. The highest BCUT2D eigenvalue weighted by molar-refractivity contribution is 7.09. The van der Waals surface area contributed by atoms with Crippen molar-refractivity contribution in [1.29, 1.82) is 0 Å². The molecule has 0 aliphatic rings. The van der Waals surface area contributed by atoms with Crippen molar-refractivity contribution in [2.24, 2.45) is 5.92 Å². The fraction of sp³-hybridized carbons (Fsp3) is 0.625. The summed E-state index contributed by atoms with van der Waals surface area (Å²) in [6.45, 7) is 3.30. The molecule has 0 fully saturated rings. The molecule has 62 valence electrons. The van der Waals surface area contributed by atoms with Crippen LogP contribution in [0.1, 0.15) is 11.9 Å². The van der Waals surface area contributed by atoms with Crippen LogP contribution < -0.4 is 5.32 Å². The van der Waals surface area contributed by atoms with E-state index in [0.29, 0.717) is 5.92 Å². The minimum absolute atomic E-state index is 0.686. The largest absolute Gasteiger partial charge is 0.319 e. The number of thiazole rings is 1. The second kappa shape index (κ2) is 4.46. The molecular weight excluding hydrogens is 156 g/mol. The van der Waals surface area contributed by atoms with E-state index in [1.54, 1.807) is 11.3 Å². The highest BCUT2D eigenvalue weighted by Gasteiger charge is 2.03. The van der Waals surface area contributed by atoms with Gasteiger partial charge in [0.1, 0.15) is 0 Å². The summed E-state index contributed by atoms with van der Waals surface area (Å²) in [7, 11) is 1.98. The maximum atomic E-state index is 4.23. The van der Waals surface area contributed by atoms with E-state index in [1.807, 2.05) is 18.6 Å². The summed E-state index contributed by atoms with van der Waals surface area (Å²) in [5, 5.41) is 6.43. The molecule has 0 aliphatic heterocycles. The van der Waals surface area contributed by atoms with Gasteiger partial charge in [-0.3, -0.25) is 0 Å². The Balaban J connectivity index is 2.31. The second-order valence-electron chi connectivity index (χ2n) is 2.79. The zero-order valence-electron chi connectivity index (χ0n) is 7.00. The summed E-state index contributed by atoms with van der Waals surface area (Å²) in [5.41, 5.74) is 0. The third-order valence-corrected chi connectivity index (χ3v) is 2.36. The van der Waals surface area contributed by atoms with E-state index in [0.717, 1.165) is 13.0 Å². The molecule has 1 aromatic heterocycles. The Hall–Kier alpha value is -0.410. The van der Waals surface area contributed by atoms with Gasteiger partial charge in [-0.05, 0) is 19.5 Å². The van der Waals surface area contributed by atoms with Crippen molar-refractivity contribution in [3.8, 4) is 0 Å². The van der Waals surface area contributed by atoms with Crippen molar-refractivity contribution >= 4 is 11.3 Å². The quantitative estimate of drug-likeness (QED) is 0.741. The standard InChI is InChI=1S/C8H14N2S/c1-7(6-9-2)5-8-10-3-4-11-8/h3-4,7,9H,5-6H2,1-2H3. The van der Waals surface area contributed by atoms with Crippen molar-refractivity contribution in [3.05, 3.63) is 16.6 Å². The van der Waals surface area contributed by atoms with Crippen molar-refractivity contribution < 1.29 is 0 Å². The van der Waals surface area contributed by atoms with Crippen LogP contribution in [0, 0.1) is 5.92 Å². The molecule has 0 aromatic carbocycles. The van der Waals surface area contributed by atoms with Gasteiger partial charge in [-0.15, -0.1) is 11.3 Å². The lowest BCUT2D eigenvalue weighted by molar-refractivity contribution is 0.540. The molecular formula is C8H14N2S. The molecule has 0 saturated heterocycles. The van der Waals surface area contributed by atoms with Crippen molar-refractivity contribution in [2.45, 2.75) is 13.3 Å². The molecule has 1 N–H and O–H groups in total. The van der Waals surface area contributed by atoms with E-state index >= 15 is 0 Å². The number of nitrogens with one attached hydrogen (secondary N) is 1. The highest BCUT2D eigenvalue weighted by Crippen LogP contribution is 2.09. The third-order valence-electron chi connectivity index (χ3n) is 1.56. The molecule has 0 bridgehead atoms. The van der Waals surface area contributed by atoms with Crippen LogP contribution in [0.25, 0.3) is 0 Å². The SMILES string of the molecule is CNCC(C)Cc1nccs1. The molecule has 0 saturated carbocycles. The van der Waals surface area contributed by atoms with Gasteiger partial charge in [-0.1, -0.05) is 6.92 Å². The number of aromatic nitrogens is 1. The minimum Gasteiger partial charge on any atom is -0.319 e. The Kier molecular flexibility index (Phi) is 3.52. The molecule has 11 heavy (non-hydrogen) atoms. The normalized spacial score (nSPS) is 13.3. The number of nitrogens with zero attached hydrogens (tertiary/aromatic N) is 1. The predicted molar refractivity (Wildman–Crippen MR) is 48.9 cm³/mol. The van der Waals surface area contributed by atoms with Crippen LogP contribution in [0.15, 0.2) is 11.6 Å². The van der Waals surface area contributed by atoms with E-state index in [-0.39, 0.29) is 0 Å². The van der Waals surface area contributed by atoms with Crippen LogP contribution in [-0.2, 0) is 6.42 Å². The average Bonchev–Trinajstić information content (AvgIpc) is 2.40. The third kappa shape index (κ3) is 2.99. The number of hydrogen-bond acceptors (Lipinski definition) is 3. The fourth-order valence-electron chi connectivity index (χ4n) is 1.07. The van der Waals surface area contributed by atoms with E-state index in [2.05, 4.69) is 17.2 Å². The average molecular weight is 170 g/mol. The van der Waals surface area contributed by atoms with E-state index in [1.165, 1.54) is 5.01 Å². The molecule has 3 heteroatoms. The summed E-state index contributed by atoms with van der Waals surface area (Å²) in [4.78, 5) is 4.23. The molecule has 0 amide bonds. The maximum Gasteiger partial charge on any atom is 0.0927 e. The molecule has 1 heterocycles. The van der Waals surface area contributed by atoms with E-state index in [9.17, 15) is 0 Å². The molecule has 1 unspecified atom stereocenters. The zero-order valence-corrected chi connectivity index (χ0v) is 7.82. The van der Waals surface area contributed by atoms with Crippen LogP contribution in [-0.4, -0.2) is 18.6 Å². The molecule has 0 radical (unpaired) electrons. The van der Waals surface area contributed by atoms with Gasteiger partial charge < -0.3 is 5.32 Å². The lowest BCUT2D eigenvalue weighted by Crippen LogP contribution is -2.17. The lowest BCUT2D eigenvalue weighted by atomic mass is 10.1. The van der Waals surface area contributed by atoms with Gasteiger partial charge in [0.05, 0.1) is 5.01 Å². The topological polar surface area (TPSA) is 24.9 Å². The highest BCUT2D eigenvalue weighted by atomic mass is 32.1.